The first kappa shape index (κ1) is 39.1. The Morgan fingerprint density at radius 2 is 1.71 bits per heavy atom. The molecule has 0 radical (unpaired) electrons. The molecule has 0 saturated heterocycles. The highest BCUT2D eigenvalue weighted by atomic mass is 16.5. The summed E-state index contributed by atoms with van der Waals surface area (Å²) in [4.78, 5) is 24.8. The number of methoxy groups -OCH3 is 1. The van der Waals surface area contributed by atoms with Crippen LogP contribution in [0.4, 0.5) is 0 Å². The normalized spacial score (nSPS) is 24.0. The van der Waals surface area contributed by atoms with Crippen LogP contribution < -0.4 is 15.1 Å². The number of carbonyl (C=O) groups is 1. The second kappa shape index (κ2) is 15.1. The molecule has 9 nitrogen and oxygen atoms in total. The monoisotopic (exact) mass is 762 g/mol. The molecule has 2 fully saturated rings. The molecular formula is C47H54O9. The van der Waals surface area contributed by atoms with E-state index in [0.29, 0.717) is 64.4 Å². The van der Waals surface area contributed by atoms with Gasteiger partial charge in [0, 0.05) is 17.4 Å². The van der Waals surface area contributed by atoms with Crippen LogP contribution in [0.15, 0.2) is 69.4 Å². The van der Waals surface area contributed by atoms with E-state index < -0.39 is 11.2 Å². The molecule has 56 heavy (non-hydrogen) atoms. The highest BCUT2D eigenvalue weighted by molar-refractivity contribution is 6.02. The lowest BCUT2D eigenvalue weighted by atomic mass is 9.55. The van der Waals surface area contributed by atoms with Crippen molar-refractivity contribution in [2.75, 3.05) is 7.11 Å². The van der Waals surface area contributed by atoms with Gasteiger partial charge in [-0.15, -0.1) is 0 Å². The van der Waals surface area contributed by atoms with Crippen molar-refractivity contribution in [3.63, 3.8) is 0 Å². The van der Waals surface area contributed by atoms with Crippen LogP contribution in [0.3, 0.4) is 0 Å². The fourth-order valence-electron chi connectivity index (χ4n) is 9.85. The fraction of sp³-hybridized carbons (Fsp3) is 0.447. The first-order valence-electron chi connectivity index (χ1n) is 19.9. The van der Waals surface area contributed by atoms with Crippen LogP contribution >= 0.6 is 0 Å². The van der Waals surface area contributed by atoms with Crippen molar-refractivity contribution in [1.82, 2.24) is 0 Å². The average Bonchev–Trinajstić information content (AvgIpc) is 3.49. The first-order valence-corrected chi connectivity index (χ1v) is 19.9. The largest absolute Gasteiger partial charge is 0.508 e. The molecule has 8 rings (SSSR count). The highest BCUT2D eigenvalue weighted by Gasteiger charge is 2.56. The molecule has 2 saturated carbocycles. The van der Waals surface area contributed by atoms with E-state index in [1.54, 1.807) is 12.1 Å². The minimum Gasteiger partial charge on any atom is -0.508 e. The minimum atomic E-state index is -0.694. The average molecular weight is 763 g/mol. The number of fused-ring (bicyclic) bond motifs is 8. The van der Waals surface area contributed by atoms with Crippen LogP contribution in [0.2, 0.25) is 0 Å². The molecule has 1 aliphatic heterocycles. The maximum absolute atomic E-state index is 12.9. The van der Waals surface area contributed by atoms with Crippen LogP contribution in [0.1, 0.15) is 108 Å². The summed E-state index contributed by atoms with van der Waals surface area (Å²) in [6.45, 7) is 12.1. The van der Waals surface area contributed by atoms with Gasteiger partial charge in [0.25, 0.3) is 0 Å². The van der Waals surface area contributed by atoms with Gasteiger partial charge in [0.05, 0.1) is 12.7 Å². The summed E-state index contributed by atoms with van der Waals surface area (Å²) < 4.78 is 23.6. The molecule has 1 aromatic heterocycles. The van der Waals surface area contributed by atoms with Gasteiger partial charge < -0.3 is 33.9 Å². The Hall–Kier alpha value is -5.18. The summed E-state index contributed by atoms with van der Waals surface area (Å²) in [7, 11) is 1.52. The van der Waals surface area contributed by atoms with Gasteiger partial charge in [0.2, 0.25) is 0 Å². The van der Waals surface area contributed by atoms with Crippen LogP contribution in [0, 0.1) is 17.3 Å². The Bertz CT molecular complexity index is 2270. The SMILES string of the molecule is CCC(=O)OC1CCC2C3CCc4cc(O)ccc4C3CCC12C.COc1c(CC=C(C)C)c2c(c3oc(=O)c(-c4ccc(O)cc4)c(O)c13)C=CC(C)(C)O2. The number of benzene rings is 3. The number of phenols is 2. The molecule has 0 amide bonds. The Morgan fingerprint density at radius 1 is 0.982 bits per heavy atom. The number of rotatable bonds is 6. The molecule has 296 valence electrons. The van der Waals surface area contributed by atoms with E-state index in [-0.39, 0.29) is 40.1 Å². The zero-order valence-electron chi connectivity index (χ0n) is 33.5. The molecule has 3 N–H and O–H groups in total. The molecule has 9 heteroatoms. The number of hydrogen-bond acceptors (Lipinski definition) is 9. The van der Waals surface area contributed by atoms with Gasteiger partial charge in [-0.1, -0.05) is 43.7 Å². The summed E-state index contributed by atoms with van der Waals surface area (Å²) in [5.41, 5.74) is 4.80. The van der Waals surface area contributed by atoms with Crippen molar-refractivity contribution in [3.05, 3.63) is 92.9 Å². The molecule has 3 aliphatic carbocycles. The maximum atomic E-state index is 12.9. The molecule has 3 aromatic carbocycles. The molecular weight excluding hydrogens is 709 g/mol. The van der Waals surface area contributed by atoms with Crippen molar-refractivity contribution in [2.24, 2.45) is 17.3 Å². The van der Waals surface area contributed by atoms with E-state index in [4.69, 9.17) is 18.6 Å². The number of allylic oxidation sites excluding steroid dienone is 2. The van der Waals surface area contributed by atoms with Gasteiger partial charge in [0.1, 0.15) is 51.4 Å². The van der Waals surface area contributed by atoms with Gasteiger partial charge in [-0.25, -0.2) is 4.79 Å². The van der Waals surface area contributed by atoms with Crippen LogP contribution in [-0.2, 0) is 22.4 Å². The number of phenolic OH excluding ortho intramolecular Hbond substituents is 2. The number of hydrogen-bond donors (Lipinski definition) is 3. The van der Waals surface area contributed by atoms with E-state index in [1.165, 1.54) is 49.6 Å². The highest BCUT2D eigenvalue weighted by Crippen LogP contribution is 2.61. The van der Waals surface area contributed by atoms with Crippen LogP contribution in [-0.4, -0.2) is 40.1 Å². The molecule has 2 heterocycles. The second-order valence-electron chi connectivity index (χ2n) is 16.9. The maximum Gasteiger partial charge on any atom is 0.348 e. The van der Waals surface area contributed by atoms with Crippen molar-refractivity contribution in [3.8, 4) is 39.9 Å². The Labute approximate surface area is 328 Å². The summed E-state index contributed by atoms with van der Waals surface area (Å²) in [5.74, 6) is 3.10. The Balaban J connectivity index is 0.000000178. The zero-order valence-corrected chi connectivity index (χ0v) is 33.5. The van der Waals surface area contributed by atoms with Crippen LogP contribution in [0.5, 0.6) is 28.7 Å². The number of aryl methyl sites for hydroxylation is 1. The van der Waals surface area contributed by atoms with Gasteiger partial charge in [0.15, 0.2) is 5.58 Å². The lowest BCUT2D eigenvalue weighted by molar-refractivity contribution is -0.157. The summed E-state index contributed by atoms with van der Waals surface area (Å²) >= 11 is 0. The third-order valence-electron chi connectivity index (χ3n) is 12.6. The summed E-state index contributed by atoms with van der Waals surface area (Å²) in [5, 5.41) is 31.0. The molecule has 4 aromatic rings. The van der Waals surface area contributed by atoms with Crippen molar-refractivity contribution in [2.45, 2.75) is 111 Å². The lowest BCUT2D eigenvalue weighted by Gasteiger charge is -2.50. The van der Waals surface area contributed by atoms with Crippen molar-refractivity contribution >= 4 is 23.0 Å². The quantitative estimate of drug-likeness (QED) is 0.0996. The van der Waals surface area contributed by atoms with E-state index in [2.05, 4.69) is 19.1 Å². The predicted octanol–water partition coefficient (Wildman–Crippen LogP) is 10.1. The molecule has 0 bridgehead atoms. The topological polar surface area (TPSA) is 136 Å². The number of ether oxygens (including phenoxy) is 3. The Morgan fingerprint density at radius 3 is 2.41 bits per heavy atom. The zero-order chi connectivity index (χ0) is 40.1. The minimum absolute atomic E-state index is 0.00458. The third kappa shape index (κ3) is 7.05. The predicted molar refractivity (Wildman–Crippen MR) is 218 cm³/mol. The van der Waals surface area contributed by atoms with Gasteiger partial charge in [-0.3, -0.25) is 4.79 Å². The lowest BCUT2D eigenvalue weighted by Crippen LogP contribution is -2.45. The summed E-state index contributed by atoms with van der Waals surface area (Å²) in [6, 6.07) is 11.9. The molecule has 5 unspecified atom stereocenters. The van der Waals surface area contributed by atoms with E-state index in [0.717, 1.165) is 30.4 Å². The van der Waals surface area contributed by atoms with Gasteiger partial charge in [-0.2, -0.15) is 0 Å². The van der Waals surface area contributed by atoms with Crippen molar-refractivity contribution in [1.29, 1.82) is 0 Å². The standard InChI is InChI=1S/C26H26O6.C21H28O3/c1-14(2)6-11-17-22-18(12-13-26(3,4)32-22)24-20(23(17)30-5)21(28)19(25(29)31-24)15-7-9-16(27)10-8-15;1-3-20(23)24-19-9-8-18-17-6-4-13-12-14(22)5-7-15(13)16(17)10-11-21(18,19)2/h6-10,12-13,27-28H,11H2,1-5H3;5,7,12,16-19,22H,3-4,6,8-11H2,1-2H3. The number of aromatic hydroxyl groups is 3. The Kier molecular flexibility index (Phi) is 10.5. The van der Waals surface area contributed by atoms with E-state index in [9.17, 15) is 24.9 Å². The van der Waals surface area contributed by atoms with Crippen LogP contribution in [0.25, 0.3) is 28.2 Å². The third-order valence-corrected chi connectivity index (χ3v) is 12.6. The van der Waals surface area contributed by atoms with Gasteiger partial charge in [-0.05, 0) is 144 Å². The van der Waals surface area contributed by atoms with Gasteiger partial charge >= 0.3 is 11.6 Å². The molecule has 4 aliphatic rings. The van der Waals surface area contributed by atoms with Crippen molar-refractivity contribution < 1.29 is 38.7 Å². The van der Waals surface area contributed by atoms with E-state index >= 15 is 0 Å². The summed E-state index contributed by atoms with van der Waals surface area (Å²) in [6.07, 6.45) is 13.7. The first-order chi connectivity index (χ1) is 26.7. The number of carbonyl (C=O) groups excluding carboxylic acids is 1. The smallest absolute Gasteiger partial charge is 0.348 e. The van der Waals surface area contributed by atoms with E-state index in [1.807, 2.05) is 58.9 Å². The fourth-order valence-corrected chi connectivity index (χ4v) is 9.85. The molecule has 5 atom stereocenters. The second-order valence-corrected chi connectivity index (χ2v) is 16.9. The number of esters is 1. The molecule has 0 spiro atoms.